The number of rotatable bonds is 6. The maximum Gasteiger partial charge on any atom is 0.148 e. The van der Waals surface area contributed by atoms with Gasteiger partial charge in [-0.1, -0.05) is 15.9 Å². The van der Waals surface area contributed by atoms with Crippen LogP contribution in [0, 0.1) is 0 Å². The van der Waals surface area contributed by atoms with E-state index in [1.807, 2.05) is 19.2 Å². The highest BCUT2D eigenvalue weighted by atomic mass is 79.9. The molecule has 0 bridgehead atoms. The van der Waals surface area contributed by atoms with Crippen molar-refractivity contribution in [1.29, 1.82) is 0 Å². The Morgan fingerprint density at radius 1 is 1.41 bits per heavy atom. The van der Waals surface area contributed by atoms with Gasteiger partial charge in [0.1, 0.15) is 9.84 Å². The van der Waals surface area contributed by atoms with Gasteiger partial charge in [0.15, 0.2) is 0 Å². The van der Waals surface area contributed by atoms with Gasteiger partial charge in [-0.25, -0.2) is 8.42 Å². The first-order valence-corrected chi connectivity index (χ1v) is 9.00. The number of benzene rings is 1. The van der Waals surface area contributed by atoms with Crippen LogP contribution in [0.3, 0.4) is 0 Å². The first-order valence-electron chi connectivity index (χ1n) is 5.16. The van der Waals surface area contributed by atoms with Crippen molar-refractivity contribution in [2.45, 2.75) is 11.4 Å². The Bertz CT molecular complexity index is 474. The summed E-state index contributed by atoms with van der Waals surface area (Å²) in [6, 6.07) is 6.05. The fourth-order valence-electron chi connectivity index (χ4n) is 1.32. The smallest absolute Gasteiger partial charge is 0.148 e. The van der Waals surface area contributed by atoms with E-state index >= 15 is 0 Å². The lowest BCUT2D eigenvalue weighted by Crippen LogP contribution is -2.08. The van der Waals surface area contributed by atoms with Gasteiger partial charge in [-0.3, -0.25) is 0 Å². The van der Waals surface area contributed by atoms with E-state index in [9.17, 15) is 8.42 Å². The van der Waals surface area contributed by atoms with Crippen LogP contribution in [0.5, 0.6) is 0 Å². The molecule has 0 radical (unpaired) electrons. The minimum Gasteiger partial charge on any atom is -0.316 e. The third kappa shape index (κ3) is 5.90. The molecule has 0 aliphatic rings. The number of sulfone groups is 1. The first kappa shape index (κ1) is 15.0. The lowest BCUT2D eigenvalue weighted by atomic mass is 10.2. The average Bonchev–Trinajstić information content (AvgIpc) is 2.20. The summed E-state index contributed by atoms with van der Waals surface area (Å²) in [6.07, 6.45) is 1.27. The number of thioether (sulfide) groups is 1. The zero-order chi connectivity index (χ0) is 12.9. The highest BCUT2D eigenvalue weighted by Crippen LogP contribution is 2.26. The molecule has 0 spiro atoms. The zero-order valence-electron chi connectivity index (χ0n) is 9.86. The van der Waals surface area contributed by atoms with Crippen molar-refractivity contribution >= 4 is 37.5 Å². The van der Waals surface area contributed by atoms with Gasteiger partial charge in [-0.15, -0.1) is 11.8 Å². The van der Waals surface area contributed by atoms with Gasteiger partial charge in [-0.2, -0.15) is 0 Å². The number of hydrogen-bond acceptors (Lipinski definition) is 4. The normalized spacial score (nSPS) is 11.7. The van der Waals surface area contributed by atoms with E-state index in [0.717, 1.165) is 15.9 Å². The molecule has 1 aromatic rings. The quantitative estimate of drug-likeness (QED) is 0.809. The van der Waals surface area contributed by atoms with E-state index in [4.69, 9.17) is 0 Å². The van der Waals surface area contributed by atoms with Crippen LogP contribution in [0.1, 0.15) is 5.56 Å². The molecule has 17 heavy (non-hydrogen) atoms. The molecule has 0 aliphatic carbocycles. The Morgan fingerprint density at radius 3 is 2.71 bits per heavy atom. The van der Waals surface area contributed by atoms with Crippen LogP contribution in [0.25, 0.3) is 0 Å². The van der Waals surface area contributed by atoms with Crippen molar-refractivity contribution in [1.82, 2.24) is 5.32 Å². The highest BCUT2D eigenvalue weighted by molar-refractivity contribution is 9.10. The van der Waals surface area contributed by atoms with Gasteiger partial charge < -0.3 is 5.32 Å². The Kier molecular flexibility index (Phi) is 5.99. The summed E-state index contributed by atoms with van der Waals surface area (Å²) in [5.74, 6) is 0.809. The predicted molar refractivity (Wildman–Crippen MR) is 77.3 cm³/mol. The Labute approximate surface area is 115 Å². The van der Waals surface area contributed by atoms with Crippen molar-refractivity contribution in [2.24, 2.45) is 0 Å². The van der Waals surface area contributed by atoms with Crippen LogP contribution in [0.2, 0.25) is 0 Å². The lowest BCUT2D eigenvalue weighted by molar-refractivity contribution is 0.603. The fourth-order valence-corrected chi connectivity index (χ4v) is 3.97. The summed E-state index contributed by atoms with van der Waals surface area (Å²) < 4.78 is 23.1. The molecule has 1 rings (SSSR count). The molecule has 0 fully saturated rings. The second kappa shape index (κ2) is 6.78. The van der Waals surface area contributed by atoms with Crippen molar-refractivity contribution in [3.05, 3.63) is 28.2 Å². The van der Waals surface area contributed by atoms with E-state index in [1.54, 1.807) is 11.8 Å². The van der Waals surface area contributed by atoms with Gasteiger partial charge in [0, 0.05) is 27.9 Å². The lowest BCUT2D eigenvalue weighted by Gasteiger charge is -2.09. The molecule has 0 saturated carbocycles. The Hall–Kier alpha value is -0.0400. The van der Waals surface area contributed by atoms with E-state index in [1.165, 1.54) is 11.8 Å². The minimum atomic E-state index is -2.87. The largest absolute Gasteiger partial charge is 0.316 e. The van der Waals surface area contributed by atoms with Crippen LogP contribution in [0.15, 0.2) is 27.6 Å². The van der Waals surface area contributed by atoms with Gasteiger partial charge in [0.05, 0.1) is 5.75 Å². The van der Waals surface area contributed by atoms with Gasteiger partial charge >= 0.3 is 0 Å². The maximum absolute atomic E-state index is 11.1. The van der Waals surface area contributed by atoms with Crippen molar-refractivity contribution in [3.63, 3.8) is 0 Å². The topological polar surface area (TPSA) is 46.2 Å². The average molecular weight is 338 g/mol. The summed E-state index contributed by atoms with van der Waals surface area (Å²) in [5.41, 5.74) is 1.18. The summed E-state index contributed by atoms with van der Waals surface area (Å²) in [6.45, 7) is 0.778. The van der Waals surface area contributed by atoms with Crippen LogP contribution in [-0.4, -0.2) is 33.2 Å². The van der Waals surface area contributed by atoms with Crippen LogP contribution in [0.4, 0.5) is 0 Å². The number of halogens is 1. The summed E-state index contributed by atoms with van der Waals surface area (Å²) in [7, 11) is -0.979. The molecule has 6 heteroatoms. The second-order valence-electron chi connectivity index (χ2n) is 3.76. The molecule has 0 heterocycles. The van der Waals surface area contributed by atoms with Gasteiger partial charge in [0.2, 0.25) is 0 Å². The van der Waals surface area contributed by atoms with E-state index < -0.39 is 9.84 Å². The van der Waals surface area contributed by atoms with Crippen molar-refractivity contribution in [2.75, 3.05) is 24.8 Å². The van der Waals surface area contributed by atoms with E-state index in [2.05, 4.69) is 27.3 Å². The third-order valence-corrected chi connectivity index (χ3v) is 4.92. The SMILES string of the molecule is CNCc1cc(Br)ccc1SCCS(C)(=O)=O. The zero-order valence-corrected chi connectivity index (χ0v) is 13.1. The monoisotopic (exact) mass is 337 g/mol. The van der Waals surface area contributed by atoms with E-state index in [-0.39, 0.29) is 5.75 Å². The maximum atomic E-state index is 11.1. The number of nitrogens with one attached hydrogen (secondary N) is 1. The third-order valence-electron chi connectivity index (χ3n) is 2.10. The molecule has 96 valence electrons. The van der Waals surface area contributed by atoms with Gasteiger partial charge in [-0.05, 0) is 30.8 Å². The predicted octanol–water partition coefficient (Wildman–Crippen LogP) is 2.31. The standard InChI is InChI=1S/C11H16BrNO2S2/c1-13-8-9-7-10(12)3-4-11(9)16-5-6-17(2,14)15/h3-4,7,13H,5-6,8H2,1-2H3. The molecule has 0 unspecified atom stereocenters. The molecule has 1 N–H and O–H groups in total. The second-order valence-corrected chi connectivity index (χ2v) is 8.07. The summed E-state index contributed by atoms with van der Waals surface area (Å²) >= 11 is 5.02. The van der Waals surface area contributed by atoms with Crippen LogP contribution in [-0.2, 0) is 16.4 Å². The molecule has 0 aromatic heterocycles. The van der Waals surface area contributed by atoms with Crippen LogP contribution >= 0.6 is 27.7 Å². The molecule has 0 atom stereocenters. The van der Waals surface area contributed by atoms with Crippen molar-refractivity contribution < 1.29 is 8.42 Å². The molecule has 0 saturated heterocycles. The highest BCUT2D eigenvalue weighted by Gasteiger charge is 2.06. The van der Waals surface area contributed by atoms with E-state index in [0.29, 0.717) is 5.75 Å². The Morgan fingerprint density at radius 2 is 2.12 bits per heavy atom. The molecule has 0 aliphatic heterocycles. The number of hydrogen-bond donors (Lipinski definition) is 1. The Balaban J connectivity index is 2.69. The molecular weight excluding hydrogens is 322 g/mol. The van der Waals surface area contributed by atoms with Crippen LogP contribution < -0.4 is 5.32 Å². The van der Waals surface area contributed by atoms with Crippen molar-refractivity contribution in [3.8, 4) is 0 Å². The molecule has 3 nitrogen and oxygen atoms in total. The molecule has 0 amide bonds. The summed E-state index contributed by atoms with van der Waals surface area (Å²) in [5, 5.41) is 3.11. The summed E-state index contributed by atoms with van der Waals surface area (Å²) in [4.78, 5) is 1.13. The fraction of sp³-hybridized carbons (Fsp3) is 0.455. The molecular formula is C11H16BrNO2S2. The van der Waals surface area contributed by atoms with Gasteiger partial charge in [0.25, 0.3) is 0 Å². The first-order chi connectivity index (χ1) is 7.92. The molecule has 1 aromatic carbocycles. The minimum absolute atomic E-state index is 0.215.